The molecule has 1 fully saturated rings. The Hall–Kier alpha value is 0.570. The van der Waals surface area contributed by atoms with Crippen LogP contribution < -0.4 is 3.53 Å². The van der Waals surface area contributed by atoms with E-state index in [2.05, 4.69) is 38.3 Å². The van der Waals surface area contributed by atoms with Crippen LogP contribution in [0.1, 0.15) is 0 Å². The minimum absolute atomic E-state index is 0.129. The Morgan fingerprint density at radius 1 is 1.67 bits per heavy atom. The van der Waals surface area contributed by atoms with Crippen molar-refractivity contribution >= 4 is 22.9 Å². The van der Waals surface area contributed by atoms with Gasteiger partial charge in [0.25, 0.3) is 0 Å². The van der Waals surface area contributed by atoms with Crippen molar-refractivity contribution in [3.05, 3.63) is 0 Å². The van der Waals surface area contributed by atoms with Crippen molar-refractivity contribution in [1.29, 1.82) is 0 Å². The van der Waals surface area contributed by atoms with Crippen LogP contribution >= 0.6 is 22.9 Å². The summed E-state index contributed by atoms with van der Waals surface area (Å²) in [5, 5.41) is 0. The van der Waals surface area contributed by atoms with Gasteiger partial charge < -0.3 is 9.47 Å². The smallest absolute Gasteiger partial charge is 0.129 e. The molecule has 1 heterocycles. The summed E-state index contributed by atoms with van der Waals surface area (Å²) in [6, 6.07) is 0. The highest BCUT2D eigenvalue weighted by Gasteiger charge is 2.24. The Balaban J connectivity index is 2.34. The first kappa shape index (κ1) is 10.6. The van der Waals surface area contributed by atoms with Gasteiger partial charge in [-0.3, -0.25) is 4.90 Å². The summed E-state index contributed by atoms with van der Waals surface area (Å²) >= 11 is 2.11. The maximum Gasteiger partial charge on any atom is 0.129 e. The highest BCUT2D eigenvalue weighted by Crippen LogP contribution is 2.08. The summed E-state index contributed by atoms with van der Waals surface area (Å²) in [5.74, 6) is 0. The van der Waals surface area contributed by atoms with Crippen LogP contribution in [0.25, 0.3) is 0 Å². The zero-order valence-electron chi connectivity index (χ0n) is 7.42. The third-order valence-electron chi connectivity index (χ3n) is 1.82. The molecule has 4 nitrogen and oxygen atoms in total. The second kappa shape index (κ2) is 5.33. The molecule has 0 amide bonds. The van der Waals surface area contributed by atoms with Crippen LogP contribution in [0.3, 0.4) is 0 Å². The van der Waals surface area contributed by atoms with Crippen LogP contribution in [-0.2, 0) is 9.47 Å². The van der Waals surface area contributed by atoms with Crippen molar-refractivity contribution in [2.24, 2.45) is 0 Å². The molecule has 12 heavy (non-hydrogen) atoms. The monoisotopic (exact) mass is 286 g/mol. The van der Waals surface area contributed by atoms with Crippen LogP contribution in [-0.4, -0.2) is 51.1 Å². The van der Waals surface area contributed by atoms with Gasteiger partial charge in [0.15, 0.2) is 0 Å². The average molecular weight is 286 g/mol. The highest BCUT2D eigenvalue weighted by molar-refractivity contribution is 14.1. The minimum atomic E-state index is 0.129. The predicted molar refractivity (Wildman–Crippen MR) is 55.2 cm³/mol. The first-order valence-corrected chi connectivity index (χ1v) is 5.03. The lowest BCUT2D eigenvalue weighted by Gasteiger charge is -2.34. The number of nitrogens with zero attached hydrogens (tertiary/aromatic N) is 1. The maximum atomic E-state index is 5.66. The average Bonchev–Trinajstić information content (AvgIpc) is 2.04. The molecule has 2 unspecified atom stereocenters. The molecule has 0 spiro atoms. The van der Waals surface area contributed by atoms with Gasteiger partial charge in [0.1, 0.15) is 6.23 Å². The van der Waals surface area contributed by atoms with E-state index in [-0.39, 0.29) is 12.3 Å². The van der Waals surface area contributed by atoms with E-state index < -0.39 is 0 Å². The molecule has 0 bridgehead atoms. The summed E-state index contributed by atoms with van der Waals surface area (Å²) in [4.78, 5) is 2.24. The molecular weight excluding hydrogens is 271 g/mol. The van der Waals surface area contributed by atoms with Gasteiger partial charge in [-0.05, 0) is 7.05 Å². The van der Waals surface area contributed by atoms with Crippen molar-refractivity contribution in [3.63, 3.8) is 0 Å². The van der Waals surface area contributed by atoms with Gasteiger partial charge >= 0.3 is 0 Å². The van der Waals surface area contributed by atoms with E-state index in [1.165, 1.54) is 0 Å². The molecule has 5 heteroatoms. The third kappa shape index (κ3) is 3.14. The molecule has 0 aliphatic carbocycles. The van der Waals surface area contributed by atoms with Crippen LogP contribution in [0, 0.1) is 0 Å². The number of methoxy groups -OCH3 is 1. The molecule has 72 valence electrons. The quantitative estimate of drug-likeness (QED) is 0.595. The first-order valence-electron chi connectivity index (χ1n) is 3.95. The lowest BCUT2D eigenvalue weighted by atomic mass is 10.3. The first-order chi connectivity index (χ1) is 5.76. The van der Waals surface area contributed by atoms with Gasteiger partial charge in [0.2, 0.25) is 0 Å². The fourth-order valence-corrected chi connectivity index (χ4v) is 1.71. The molecule has 1 aliphatic heterocycles. The van der Waals surface area contributed by atoms with Crippen LogP contribution in [0.5, 0.6) is 0 Å². The Morgan fingerprint density at radius 2 is 2.42 bits per heavy atom. The normalized spacial score (nSPS) is 32.2. The van der Waals surface area contributed by atoms with Crippen molar-refractivity contribution in [1.82, 2.24) is 8.43 Å². The molecule has 2 atom stereocenters. The van der Waals surface area contributed by atoms with E-state index in [4.69, 9.17) is 9.47 Å². The molecule has 1 saturated heterocycles. The summed E-state index contributed by atoms with van der Waals surface area (Å²) < 4.78 is 13.8. The van der Waals surface area contributed by atoms with E-state index in [0.29, 0.717) is 6.61 Å². The van der Waals surface area contributed by atoms with Crippen LogP contribution in [0.2, 0.25) is 0 Å². The number of rotatable bonds is 3. The third-order valence-corrected chi connectivity index (χ3v) is 2.52. The fraction of sp³-hybridized carbons (Fsp3) is 1.00. The van der Waals surface area contributed by atoms with Gasteiger partial charge in [-0.25, -0.2) is 3.53 Å². The Labute approximate surface area is 87.1 Å². The second-order valence-electron chi connectivity index (χ2n) is 3.03. The van der Waals surface area contributed by atoms with Gasteiger partial charge in [-0.1, -0.05) is 0 Å². The predicted octanol–water partition coefficient (Wildman–Crippen LogP) is 0.229. The lowest BCUT2D eigenvalue weighted by Crippen LogP contribution is -2.50. The number of hydrogen-bond donors (Lipinski definition) is 1. The Morgan fingerprint density at radius 3 is 3.00 bits per heavy atom. The number of hydrogen-bond acceptors (Lipinski definition) is 4. The zero-order valence-corrected chi connectivity index (χ0v) is 9.58. The van der Waals surface area contributed by atoms with Crippen molar-refractivity contribution in [2.45, 2.75) is 12.3 Å². The fourth-order valence-electron chi connectivity index (χ4n) is 1.36. The number of halogens is 1. The van der Waals surface area contributed by atoms with E-state index in [9.17, 15) is 0 Å². The largest absolute Gasteiger partial charge is 0.382 e. The van der Waals surface area contributed by atoms with E-state index >= 15 is 0 Å². The molecule has 0 aromatic rings. The van der Waals surface area contributed by atoms with Gasteiger partial charge in [-0.15, -0.1) is 0 Å². The zero-order chi connectivity index (χ0) is 8.97. The molecule has 1 aliphatic rings. The van der Waals surface area contributed by atoms with Gasteiger partial charge in [0.05, 0.1) is 12.7 Å². The van der Waals surface area contributed by atoms with Crippen molar-refractivity contribution < 1.29 is 9.47 Å². The number of morpholine rings is 1. The molecule has 0 saturated carbocycles. The van der Waals surface area contributed by atoms with Gasteiger partial charge in [-0.2, -0.15) is 0 Å². The van der Waals surface area contributed by atoms with Gasteiger partial charge in [0, 0.05) is 43.1 Å². The second-order valence-corrected chi connectivity index (χ2v) is 3.66. The van der Waals surface area contributed by atoms with E-state index in [1.807, 2.05) is 0 Å². The number of likely N-dealkylation sites (N-methyl/N-ethyl adjacent to an activating group) is 1. The van der Waals surface area contributed by atoms with Crippen LogP contribution in [0.15, 0.2) is 0 Å². The SMILES string of the molecule is COCC1CN(C)CC(NI)O1. The summed E-state index contributed by atoms with van der Waals surface area (Å²) in [6.07, 6.45) is 0.325. The van der Waals surface area contributed by atoms with E-state index in [0.717, 1.165) is 13.1 Å². The molecule has 1 rings (SSSR count). The van der Waals surface area contributed by atoms with Crippen LogP contribution in [0.4, 0.5) is 0 Å². The molecular formula is C7H15IN2O2. The molecule has 0 aromatic heterocycles. The Bertz CT molecular complexity index is 137. The topological polar surface area (TPSA) is 33.7 Å². The summed E-state index contributed by atoms with van der Waals surface area (Å²) in [6.45, 7) is 2.55. The van der Waals surface area contributed by atoms with Crippen molar-refractivity contribution in [2.75, 3.05) is 33.9 Å². The summed E-state index contributed by atoms with van der Waals surface area (Å²) in [5.41, 5.74) is 0. The highest BCUT2D eigenvalue weighted by atomic mass is 127. The molecule has 0 radical (unpaired) electrons. The van der Waals surface area contributed by atoms with Crippen molar-refractivity contribution in [3.8, 4) is 0 Å². The maximum absolute atomic E-state index is 5.66. The van der Waals surface area contributed by atoms with E-state index in [1.54, 1.807) is 7.11 Å². The minimum Gasteiger partial charge on any atom is -0.382 e. The lowest BCUT2D eigenvalue weighted by molar-refractivity contribution is -0.103. The standard InChI is InChI=1S/C7H15IN2O2/c1-10-3-6(5-11-2)12-7(4-10)9-8/h6-7,9H,3-5H2,1-2H3. The molecule has 1 N–H and O–H groups in total. The number of ether oxygens (including phenoxy) is 2. The molecule has 0 aromatic carbocycles. The summed E-state index contributed by atoms with van der Waals surface area (Å²) in [7, 11) is 3.79. The Kier molecular flexibility index (Phi) is 4.73. The number of nitrogens with one attached hydrogen (secondary N) is 1.